The molecule has 0 saturated carbocycles. The molecule has 0 saturated heterocycles. The van der Waals surface area contributed by atoms with Crippen molar-refractivity contribution >= 4 is 23.3 Å². The molecule has 0 aromatic heterocycles. The Morgan fingerprint density at radius 2 is 2.17 bits per heavy atom. The SMILES string of the molecule is CC1=NC(Cl)=C(C)C2=NCCN12. The van der Waals surface area contributed by atoms with E-state index in [-0.39, 0.29) is 0 Å². The largest absolute Gasteiger partial charge is 0.313 e. The maximum Gasteiger partial charge on any atom is 0.137 e. The van der Waals surface area contributed by atoms with E-state index in [0.717, 1.165) is 30.3 Å². The molecule has 4 heteroatoms. The molecule has 0 spiro atoms. The minimum atomic E-state index is 0.574. The van der Waals surface area contributed by atoms with Crippen LogP contribution in [0.2, 0.25) is 0 Å². The molecule has 0 aliphatic carbocycles. The predicted molar refractivity (Wildman–Crippen MR) is 50.7 cm³/mol. The Kier molecular flexibility index (Phi) is 1.68. The van der Waals surface area contributed by atoms with Gasteiger partial charge in [-0.25, -0.2) is 4.99 Å². The second kappa shape index (κ2) is 2.59. The fourth-order valence-corrected chi connectivity index (χ4v) is 1.67. The molecule has 12 heavy (non-hydrogen) atoms. The average molecular weight is 184 g/mol. The Hall–Kier alpha value is -0.830. The van der Waals surface area contributed by atoms with Gasteiger partial charge in [-0.2, -0.15) is 0 Å². The predicted octanol–water partition coefficient (Wildman–Crippen LogP) is 1.60. The van der Waals surface area contributed by atoms with Crippen LogP contribution in [-0.4, -0.2) is 29.7 Å². The van der Waals surface area contributed by atoms with Crippen LogP contribution in [0.3, 0.4) is 0 Å². The van der Waals surface area contributed by atoms with Gasteiger partial charge in [0.05, 0.1) is 6.54 Å². The molecule has 0 fully saturated rings. The van der Waals surface area contributed by atoms with Gasteiger partial charge in [-0.05, 0) is 13.8 Å². The highest BCUT2D eigenvalue weighted by atomic mass is 35.5. The van der Waals surface area contributed by atoms with Crippen LogP contribution < -0.4 is 0 Å². The van der Waals surface area contributed by atoms with Crippen LogP contribution in [0.5, 0.6) is 0 Å². The zero-order valence-electron chi connectivity index (χ0n) is 7.13. The zero-order valence-corrected chi connectivity index (χ0v) is 7.89. The zero-order chi connectivity index (χ0) is 8.72. The molecule has 0 amide bonds. The fourth-order valence-electron chi connectivity index (χ4n) is 1.46. The third-order valence-electron chi connectivity index (χ3n) is 2.14. The molecule has 0 radical (unpaired) electrons. The number of nitrogens with zero attached hydrogens (tertiary/aromatic N) is 3. The summed E-state index contributed by atoms with van der Waals surface area (Å²) in [6, 6.07) is 0. The molecule has 0 atom stereocenters. The number of rotatable bonds is 0. The Bertz CT molecular complexity index is 314. The highest BCUT2D eigenvalue weighted by Crippen LogP contribution is 2.22. The van der Waals surface area contributed by atoms with Gasteiger partial charge < -0.3 is 4.90 Å². The summed E-state index contributed by atoms with van der Waals surface area (Å²) in [6.45, 7) is 5.70. The number of halogens is 1. The molecule has 2 aliphatic rings. The minimum Gasteiger partial charge on any atom is -0.313 e. The monoisotopic (exact) mass is 183 g/mol. The Morgan fingerprint density at radius 3 is 2.92 bits per heavy atom. The van der Waals surface area contributed by atoms with Crippen LogP contribution in [0.1, 0.15) is 13.8 Å². The number of amidine groups is 2. The van der Waals surface area contributed by atoms with Crippen LogP contribution in [0.15, 0.2) is 20.7 Å². The Labute approximate surface area is 76.4 Å². The van der Waals surface area contributed by atoms with Crippen molar-refractivity contribution in [1.29, 1.82) is 0 Å². The van der Waals surface area contributed by atoms with Gasteiger partial charge in [0, 0.05) is 12.1 Å². The molecule has 0 N–H and O–H groups in total. The van der Waals surface area contributed by atoms with E-state index in [1.165, 1.54) is 0 Å². The summed E-state index contributed by atoms with van der Waals surface area (Å²) in [5.41, 5.74) is 0.986. The number of fused-ring (bicyclic) bond motifs is 1. The first kappa shape index (κ1) is 7.80. The van der Waals surface area contributed by atoms with Crippen molar-refractivity contribution in [1.82, 2.24) is 4.90 Å². The Morgan fingerprint density at radius 1 is 1.42 bits per heavy atom. The Balaban J connectivity index is 2.49. The van der Waals surface area contributed by atoms with Crippen molar-refractivity contribution in [2.75, 3.05) is 13.1 Å². The fraction of sp³-hybridized carbons (Fsp3) is 0.500. The van der Waals surface area contributed by atoms with Crippen molar-refractivity contribution in [3.8, 4) is 0 Å². The van der Waals surface area contributed by atoms with E-state index in [1.807, 2.05) is 13.8 Å². The lowest BCUT2D eigenvalue weighted by molar-refractivity contribution is 0.654. The van der Waals surface area contributed by atoms with Crippen molar-refractivity contribution in [3.05, 3.63) is 10.7 Å². The first-order valence-corrected chi connectivity index (χ1v) is 4.32. The molecule has 3 nitrogen and oxygen atoms in total. The minimum absolute atomic E-state index is 0.574. The summed E-state index contributed by atoms with van der Waals surface area (Å²) < 4.78 is 0. The number of hydrogen-bond donors (Lipinski definition) is 0. The molecule has 0 bridgehead atoms. The summed E-state index contributed by atoms with van der Waals surface area (Å²) in [7, 11) is 0. The van der Waals surface area contributed by atoms with Gasteiger partial charge in [0.1, 0.15) is 16.8 Å². The third kappa shape index (κ3) is 0.966. The summed E-state index contributed by atoms with van der Waals surface area (Å²) in [6.07, 6.45) is 0. The van der Waals surface area contributed by atoms with Crippen molar-refractivity contribution in [2.24, 2.45) is 9.98 Å². The van der Waals surface area contributed by atoms with Gasteiger partial charge in [0.15, 0.2) is 0 Å². The van der Waals surface area contributed by atoms with Gasteiger partial charge in [0.2, 0.25) is 0 Å². The normalized spacial score (nSPS) is 22.4. The van der Waals surface area contributed by atoms with E-state index in [0.29, 0.717) is 5.16 Å². The first-order chi connectivity index (χ1) is 5.70. The molecule has 64 valence electrons. The van der Waals surface area contributed by atoms with E-state index < -0.39 is 0 Å². The highest BCUT2D eigenvalue weighted by molar-refractivity contribution is 6.34. The lowest BCUT2D eigenvalue weighted by Gasteiger charge is -2.24. The van der Waals surface area contributed by atoms with E-state index in [2.05, 4.69) is 14.9 Å². The summed E-state index contributed by atoms with van der Waals surface area (Å²) in [5, 5.41) is 0.574. The maximum atomic E-state index is 5.91. The van der Waals surface area contributed by atoms with Gasteiger partial charge in [-0.1, -0.05) is 11.6 Å². The molecule has 0 unspecified atom stereocenters. The molecule has 0 aromatic rings. The molecule has 2 heterocycles. The van der Waals surface area contributed by atoms with E-state index >= 15 is 0 Å². The maximum absolute atomic E-state index is 5.91. The smallest absolute Gasteiger partial charge is 0.137 e. The van der Waals surface area contributed by atoms with Crippen LogP contribution in [0.4, 0.5) is 0 Å². The topological polar surface area (TPSA) is 28.0 Å². The second-order valence-electron chi connectivity index (χ2n) is 2.93. The standard InChI is InChI=1S/C8H10ClN3/c1-5-7(9)11-6(2)12-4-3-10-8(5)12/h3-4H2,1-2H3. The first-order valence-electron chi connectivity index (χ1n) is 3.94. The quantitative estimate of drug-likeness (QED) is 0.525. The summed E-state index contributed by atoms with van der Waals surface area (Å²) in [5.74, 6) is 1.94. The van der Waals surface area contributed by atoms with E-state index in [1.54, 1.807) is 0 Å². The van der Waals surface area contributed by atoms with Crippen LogP contribution in [0, 0.1) is 0 Å². The van der Waals surface area contributed by atoms with Gasteiger partial charge in [0.25, 0.3) is 0 Å². The molecule has 2 aliphatic heterocycles. The highest BCUT2D eigenvalue weighted by Gasteiger charge is 2.25. The summed E-state index contributed by atoms with van der Waals surface area (Å²) in [4.78, 5) is 10.7. The molecule has 0 aromatic carbocycles. The van der Waals surface area contributed by atoms with Crippen LogP contribution in [0.25, 0.3) is 0 Å². The van der Waals surface area contributed by atoms with Gasteiger partial charge in [-0.15, -0.1) is 0 Å². The van der Waals surface area contributed by atoms with Crippen LogP contribution >= 0.6 is 11.6 Å². The van der Waals surface area contributed by atoms with E-state index in [9.17, 15) is 0 Å². The summed E-state index contributed by atoms with van der Waals surface area (Å²) >= 11 is 5.91. The van der Waals surface area contributed by atoms with E-state index in [4.69, 9.17) is 11.6 Å². The van der Waals surface area contributed by atoms with Crippen molar-refractivity contribution in [2.45, 2.75) is 13.8 Å². The van der Waals surface area contributed by atoms with Crippen LogP contribution in [-0.2, 0) is 0 Å². The lowest BCUT2D eigenvalue weighted by atomic mass is 10.2. The van der Waals surface area contributed by atoms with Crippen molar-refractivity contribution in [3.63, 3.8) is 0 Å². The number of aliphatic imine (C=N–C) groups is 2. The second-order valence-corrected chi connectivity index (χ2v) is 3.29. The third-order valence-corrected chi connectivity index (χ3v) is 2.50. The van der Waals surface area contributed by atoms with Crippen molar-refractivity contribution < 1.29 is 0 Å². The molecular weight excluding hydrogens is 174 g/mol. The average Bonchev–Trinajstić information content (AvgIpc) is 2.48. The lowest BCUT2D eigenvalue weighted by Crippen LogP contribution is -2.35. The molecule has 2 rings (SSSR count). The van der Waals surface area contributed by atoms with Gasteiger partial charge >= 0.3 is 0 Å². The molecular formula is C8H10ClN3. The van der Waals surface area contributed by atoms with Gasteiger partial charge in [-0.3, -0.25) is 4.99 Å². The number of hydrogen-bond acceptors (Lipinski definition) is 3.